The van der Waals surface area contributed by atoms with E-state index in [1.807, 2.05) is 0 Å². The number of nitrogens with one attached hydrogen (secondary N) is 1. The highest BCUT2D eigenvalue weighted by Gasteiger charge is 2.21. The monoisotopic (exact) mass is 226 g/mol. The number of sulfonamides is 1. The Hall–Kier alpha value is -1.60. The molecule has 2 heterocycles. The van der Waals surface area contributed by atoms with E-state index in [1.165, 1.54) is 11.4 Å². The second-order valence-corrected chi connectivity index (χ2v) is 4.74. The van der Waals surface area contributed by atoms with Gasteiger partial charge in [0.1, 0.15) is 5.65 Å². The Morgan fingerprint density at radius 1 is 1.47 bits per heavy atom. The Kier molecular flexibility index (Phi) is 2.13. The second kappa shape index (κ2) is 3.21. The van der Waals surface area contributed by atoms with Crippen LogP contribution in [0.2, 0.25) is 0 Å². The van der Waals surface area contributed by atoms with Gasteiger partial charge in [-0.2, -0.15) is 0 Å². The van der Waals surface area contributed by atoms with Crippen LogP contribution in [-0.4, -0.2) is 24.9 Å². The summed E-state index contributed by atoms with van der Waals surface area (Å²) in [7, 11) is -2.26. The zero-order valence-corrected chi connectivity index (χ0v) is 8.82. The maximum atomic E-state index is 11.6. The molecule has 0 saturated heterocycles. The molecule has 0 spiro atoms. The third-order valence-corrected chi connectivity index (χ3v) is 3.49. The fourth-order valence-electron chi connectivity index (χ4n) is 1.36. The quantitative estimate of drug-likeness (QED) is 0.743. The number of nitrogen functional groups attached to an aromatic ring is 1. The molecule has 15 heavy (non-hydrogen) atoms. The standard InChI is InChI=1S/C8H10N4O2S/c1-10-15(13,14)8-7(9)11-6-4-2-3-5-12(6)8/h2-5,10H,9H2,1H3. The van der Waals surface area contributed by atoms with E-state index >= 15 is 0 Å². The highest BCUT2D eigenvalue weighted by atomic mass is 32.2. The third kappa shape index (κ3) is 1.45. The van der Waals surface area contributed by atoms with Crippen LogP contribution in [0.1, 0.15) is 0 Å². The van der Waals surface area contributed by atoms with Gasteiger partial charge in [-0.3, -0.25) is 4.40 Å². The second-order valence-electron chi connectivity index (χ2n) is 2.94. The number of rotatable bonds is 2. The molecule has 6 nitrogen and oxygen atoms in total. The van der Waals surface area contributed by atoms with E-state index in [4.69, 9.17) is 5.73 Å². The van der Waals surface area contributed by atoms with Gasteiger partial charge in [-0.1, -0.05) is 6.07 Å². The molecular weight excluding hydrogens is 216 g/mol. The van der Waals surface area contributed by atoms with Crippen LogP contribution < -0.4 is 10.5 Å². The van der Waals surface area contributed by atoms with Crippen LogP contribution >= 0.6 is 0 Å². The summed E-state index contributed by atoms with van der Waals surface area (Å²) in [6.45, 7) is 0. The van der Waals surface area contributed by atoms with Crippen molar-refractivity contribution < 1.29 is 8.42 Å². The molecule has 2 rings (SSSR count). The maximum Gasteiger partial charge on any atom is 0.260 e. The van der Waals surface area contributed by atoms with E-state index in [0.717, 1.165) is 0 Å². The van der Waals surface area contributed by atoms with Crippen LogP contribution in [-0.2, 0) is 10.0 Å². The van der Waals surface area contributed by atoms with Gasteiger partial charge in [-0.05, 0) is 19.2 Å². The van der Waals surface area contributed by atoms with Gasteiger partial charge >= 0.3 is 0 Å². The molecule has 0 aliphatic heterocycles. The van der Waals surface area contributed by atoms with Gasteiger partial charge in [0, 0.05) is 6.20 Å². The molecule has 0 bridgehead atoms. The van der Waals surface area contributed by atoms with Crippen LogP contribution in [0.15, 0.2) is 29.4 Å². The van der Waals surface area contributed by atoms with Crippen LogP contribution in [0, 0.1) is 0 Å². The lowest BCUT2D eigenvalue weighted by atomic mass is 10.5. The van der Waals surface area contributed by atoms with Gasteiger partial charge in [0.25, 0.3) is 10.0 Å². The molecular formula is C8H10N4O2S. The third-order valence-electron chi connectivity index (χ3n) is 2.03. The van der Waals surface area contributed by atoms with Gasteiger partial charge in [-0.15, -0.1) is 0 Å². The van der Waals surface area contributed by atoms with Crippen molar-refractivity contribution in [2.24, 2.45) is 0 Å². The molecule has 0 amide bonds. The van der Waals surface area contributed by atoms with E-state index in [1.54, 1.807) is 24.4 Å². The minimum absolute atomic E-state index is 0.00412. The van der Waals surface area contributed by atoms with Gasteiger partial charge in [0.05, 0.1) is 0 Å². The number of anilines is 1. The summed E-state index contributed by atoms with van der Waals surface area (Å²) < 4.78 is 26.9. The zero-order chi connectivity index (χ0) is 11.1. The summed E-state index contributed by atoms with van der Waals surface area (Å²) >= 11 is 0. The van der Waals surface area contributed by atoms with Gasteiger partial charge in [-0.25, -0.2) is 18.1 Å². The minimum atomic E-state index is -3.59. The number of pyridine rings is 1. The molecule has 0 saturated carbocycles. The molecule has 0 aliphatic carbocycles. The largest absolute Gasteiger partial charge is 0.381 e. The number of hydrogen-bond acceptors (Lipinski definition) is 4. The summed E-state index contributed by atoms with van der Waals surface area (Å²) in [5.41, 5.74) is 6.07. The zero-order valence-electron chi connectivity index (χ0n) is 8.01. The summed E-state index contributed by atoms with van der Waals surface area (Å²) in [5.74, 6) is -0.00412. The van der Waals surface area contributed by atoms with Crippen molar-refractivity contribution in [2.45, 2.75) is 5.03 Å². The molecule has 7 heteroatoms. The first kappa shape index (κ1) is 9.94. The van der Waals surface area contributed by atoms with E-state index in [2.05, 4.69) is 9.71 Å². The molecule has 0 atom stereocenters. The van der Waals surface area contributed by atoms with E-state index in [9.17, 15) is 8.42 Å². The van der Waals surface area contributed by atoms with Crippen molar-refractivity contribution in [3.63, 3.8) is 0 Å². The number of fused-ring (bicyclic) bond motifs is 1. The lowest BCUT2D eigenvalue weighted by Gasteiger charge is -2.02. The normalized spacial score (nSPS) is 12.1. The van der Waals surface area contributed by atoms with E-state index < -0.39 is 10.0 Å². The smallest absolute Gasteiger partial charge is 0.260 e. The molecule has 2 aromatic heterocycles. The van der Waals surface area contributed by atoms with Crippen LogP contribution in [0.3, 0.4) is 0 Å². The Morgan fingerprint density at radius 2 is 2.20 bits per heavy atom. The highest BCUT2D eigenvalue weighted by molar-refractivity contribution is 7.89. The van der Waals surface area contributed by atoms with Gasteiger partial charge in [0.15, 0.2) is 10.8 Å². The molecule has 80 valence electrons. The highest BCUT2D eigenvalue weighted by Crippen LogP contribution is 2.18. The molecule has 0 radical (unpaired) electrons. The fraction of sp³-hybridized carbons (Fsp3) is 0.125. The van der Waals surface area contributed by atoms with E-state index in [0.29, 0.717) is 5.65 Å². The first-order valence-electron chi connectivity index (χ1n) is 4.22. The van der Waals surface area contributed by atoms with Crippen LogP contribution in [0.4, 0.5) is 5.82 Å². The lowest BCUT2D eigenvalue weighted by Crippen LogP contribution is -2.21. The summed E-state index contributed by atoms with van der Waals surface area (Å²) in [4.78, 5) is 3.95. The minimum Gasteiger partial charge on any atom is -0.381 e. The Balaban J connectivity index is 2.87. The lowest BCUT2D eigenvalue weighted by molar-refractivity contribution is 0.584. The van der Waals surface area contributed by atoms with Crippen molar-refractivity contribution in [2.75, 3.05) is 12.8 Å². The average molecular weight is 226 g/mol. The molecule has 0 fully saturated rings. The van der Waals surface area contributed by atoms with Crippen molar-refractivity contribution >= 4 is 21.5 Å². The number of hydrogen-bond donors (Lipinski definition) is 2. The first-order chi connectivity index (χ1) is 7.06. The molecule has 2 aromatic rings. The predicted molar refractivity (Wildman–Crippen MR) is 55.8 cm³/mol. The number of imidazole rings is 1. The maximum absolute atomic E-state index is 11.6. The molecule has 3 N–H and O–H groups in total. The summed E-state index contributed by atoms with van der Waals surface area (Å²) in [6.07, 6.45) is 1.60. The molecule has 0 aliphatic rings. The molecule has 0 aromatic carbocycles. The van der Waals surface area contributed by atoms with Crippen molar-refractivity contribution in [3.05, 3.63) is 24.4 Å². The Morgan fingerprint density at radius 3 is 2.87 bits per heavy atom. The average Bonchev–Trinajstić information content (AvgIpc) is 2.54. The first-order valence-corrected chi connectivity index (χ1v) is 5.70. The predicted octanol–water partition coefficient (Wildman–Crippen LogP) is -0.175. The van der Waals surface area contributed by atoms with Crippen molar-refractivity contribution in [3.8, 4) is 0 Å². The summed E-state index contributed by atoms with van der Waals surface area (Å²) in [5, 5.41) is -0.0272. The SMILES string of the molecule is CNS(=O)(=O)c1c(N)nc2ccccn12. The fourth-order valence-corrected chi connectivity index (χ4v) is 2.28. The van der Waals surface area contributed by atoms with Crippen LogP contribution in [0.25, 0.3) is 5.65 Å². The van der Waals surface area contributed by atoms with Crippen molar-refractivity contribution in [1.29, 1.82) is 0 Å². The van der Waals surface area contributed by atoms with Gasteiger partial charge in [0.2, 0.25) is 0 Å². The van der Waals surface area contributed by atoms with Gasteiger partial charge < -0.3 is 5.73 Å². The number of aromatic nitrogens is 2. The number of nitrogens with zero attached hydrogens (tertiary/aromatic N) is 2. The van der Waals surface area contributed by atoms with Crippen LogP contribution in [0.5, 0.6) is 0 Å². The van der Waals surface area contributed by atoms with E-state index in [-0.39, 0.29) is 10.8 Å². The molecule has 0 unspecified atom stereocenters. The topological polar surface area (TPSA) is 89.5 Å². The number of nitrogens with two attached hydrogens (primary N) is 1. The summed E-state index contributed by atoms with van der Waals surface area (Å²) in [6, 6.07) is 5.16. The Bertz CT molecular complexity index is 602. The van der Waals surface area contributed by atoms with Crippen molar-refractivity contribution in [1.82, 2.24) is 14.1 Å². The Labute approximate surface area is 86.8 Å².